The normalized spacial score (nSPS) is 22.6. The number of rotatable bonds is 2. The van der Waals surface area contributed by atoms with E-state index in [-0.39, 0.29) is 11.2 Å². The Balaban J connectivity index is 0.000000307. The summed E-state index contributed by atoms with van der Waals surface area (Å²) in [6.07, 6.45) is 7.64. The standard InChI is InChI=1S/C18H17FN2.C2H2O4/c19-16-5-2-1-4-15(16)17-7-6-14(12-20-17)18-8-3-10-21(13-18)11-9-18;3-1(4)2(5)6/h1-8,12H,9-11,13H2;(H,3,4)(H,5,6). The Morgan fingerprint density at radius 1 is 1.11 bits per heavy atom. The molecule has 0 aliphatic carbocycles. The fourth-order valence-electron chi connectivity index (χ4n) is 3.48. The Bertz CT molecular complexity index is 870. The molecular formula is C20H19FN2O4. The average Bonchev–Trinajstić information content (AvgIpc) is 2.97. The van der Waals surface area contributed by atoms with Gasteiger partial charge in [-0.1, -0.05) is 30.4 Å². The lowest BCUT2D eigenvalue weighted by Gasteiger charge is -2.29. The second-order valence-electron chi connectivity index (χ2n) is 6.57. The van der Waals surface area contributed by atoms with E-state index >= 15 is 0 Å². The van der Waals surface area contributed by atoms with Gasteiger partial charge in [0.1, 0.15) is 5.82 Å². The Kier molecular flexibility index (Phi) is 5.32. The molecule has 0 amide bonds. The first kappa shape index (κ1) is 18.7. The number of pyridine rings is 1. The van der Waals surface area contributed by atoms with E-state index in [2.05, 4.69) is 28.1 Å². The lowest BCUT2D eigenvalue weighted by atomic mass is 9.79. The van der Waals surface area contributed by atoms with Crippen molar-refractivity contribution in [2.75, 3.05) is 19.6 Å². The molecule has 1 saturated heterocycles. The Labute approximate surface area is 155 Å². The highest BCUT2D eigenvalue weighted by molar-refractivity contribution is 6.27. The molecule has 1 fully saturated rings. The fraction of sp³-hybridized carbons (Fsp3) is 0.250. The number of hydrogen-bond acceptors (Lipinski definition) is 4. The first-order valence-electron chi connectivity index (χ1n) is 8.49. The summed E-state index contributed by atoms with van der Waals surface area (Å²) in [7, 11) is 0. The molecule has 2 atom stereocenters. The monoisotopic (exact) mass is 370 g/mol. The second kappa shape index (κ2) is 7.67. The van der Waals surface area contributed by atoms with Gasteiger partial charge in [0.25, 0.3) is 0 Å². The van der Waals surface area contributed by atoms with Gasteiger partial charge in [-0.05, 0) is 36.7 Å². The fourth-order valence-corrected chi connectivity index (χ4v) is 3.48. The highest BCUT2D eigenvalue weighted by atomic mass is 19.1. The quantitative estimate of drug-likeness (QED) is 0.624. The predicted octanol–water partition coefficient (Wildman–Crippen LogP) is 2.56. The SMILES string of the molecule is Fc1ccccc1-c1ccc(C23C=CCN(CC2)C3)cn1.O=C(O)C(=O)O. The average molecular weight is 370 g/mol. The van der Waals surface area contributed by atoms with Crippen LogP contribution in [0, 0.1) is 5.82 Å². The van der Waals surface area contributed by atoms with Crippen LogP contribution in [0.3, 0.4) is 0 Å². The highest BCUT2D eigenvalue weighted by Gasteiger charge is 2.39. The van der Waals surface area contributed by atoms with Crippen LogP contribution in [-0.4, -0.2) is 51.7 Å². The largest absolute Gasteiger partial charge is 0.473 e. The second-order valence-corrected chi connectivity index (χ2v) is 6.57. The molecule has 2 unspecified atom stereocenters. The molecule has 4 rings (SSSR count). The molecule has 7 heteroatoms. The summed E-state index contributed by atoms with van der Waals surface area (Å²) in [4.78, 5) is 25.2. The Morgan fingerprint density at radius 2 is 1.85 bits per heavy atom. The van der Waals surface area contributed by atoms with E-state index in [0.717, 1.165) is 26.1 Å². The maximum absolute atomic E-state index is 13.8. The van der Waals surface area contributed by atoms with Crippen LogP contribution < -0.4 is 0 Å². The molecule has 0 radical (unpaired) electrons. The number of aromatic nitrogens is 1. The minimum Gasteiger partial charge on any atom is -0.473 e. The minimum absolute atomic E-state index is 0.110. The van der Waals surface area contributed by atoms with Gasteiger partial charge in [0.05, 0.1) is 5.69 Å². The van der Waals surface area contributed by atoms with Crippen molar-refractivity contribution in [3.8, 4) is 11.3 Å². The van der Waals surface area contributed by atoms with Crippen LogP contribution in [0.15, 0.2) is 54.7 Å². The van der Waals surface area contributed by atoms with Crippen molar-refractivity contribution in [2.24, 2.45) is 0 Å². The molecule has 2 aromatic rings. The molecule has 140 valence electrons. The predicted molar refractivity (Wildman–Crippen MR) is 96.8 cm³/mol. The molecule has 0 saturated carbocycles. The van der Waals surface area contributed by atoms with Crippen LogP contribution in [0.5, 0.6) is 0 Å². The number of carboxylic acid groups (broad SMARTS) is 2. The number of fused-ring (bicyclic) bond motifs is 2. The van der Waals surface area contributed by atoms with E-state index in [1.807, 2.05) is 18.3 Å². The summed E-state index contributed by atoms with van der Waals surface area (Å²) in [6.45, 7) is 3.27. The van der Waals surface area contributed by atoms with Gasteiger partial charge in [-0.3, -0.25) is 9.88 Å². The maximum Gasteiger partial charge on any atom is 0.414 e. The van der Waals surface area contributed by atoms with Crippen molar-refractivity contribution in [3.05, 3.63) is 66.1 Å². The zero-order chi connectivity index (χ0) is 19.4. The highest BCUT2D eigenvalue weighted by Crippen LogP contribution is 2.38. The molecule has 0 spiro atoms. The van der Waals surface area contributed by atoms with Gasteiger partial charge < -0.3 is 10.2 Å². The zero-order valence-electron chi connectivity index (χ0n) is 14.5. The summed E-state index contributed by atoms with van der Waals surface area (Å²) in [5, 5.41) is 14.8. The minimum atomic E-state index is -1.82. The molecule has 2 N–H and O–H groups in total. The number of hydrogen-bond donors (Lipinski definition) is 2. The molecule has 3 heterocycles. The van der Waals surface area contributed by atoms with Gasteiger partial charge in [-0.25, -0.2) is 14.0 Å². The summed E-state index contributed by atoms with van der Waals surface area (Å²) in [5.74, 6) is -3.87. The molecule has 1 aromatic heterocycles. The lowest BCUT2D eigenvalue weighted by Crippen LogP contribution is -2.33. The van der Waals surface area contributed by atoms with Crippen LogP contribution in [0.25, 0.3) is 11.3 Å². The zero-order valence-corrected chi connectivity index (χ0v) is 14.5. The summed E-state index contributed by atoms with van der Waals surface area (Å²) < 4.78 is 13.8. The van der Waals surface area contributed by atoms with Crippen molar-refractivity contribution in [1.29, 1.82) is 0 Å². The number of aliphatic carboxylic acids is 2. The number of carboxylic acids is 2. The summed E-state index contributed by atoms with van der Waals surface area (Å²) >= 11 is 0. The first-order valence-corrected chi connectivity index (χ1v) is 8.49. The van der Waals surface area contributed by atoms with E-state index in [1.54, 1.807) is 12.1 Å². The van der Waals surface area contributed by atoms with E-state index in [1.165, 1.54) is 11.6 Å². The van der Waals surface area contributed by atoms with Crippen LogP contribution in [0.2, 0.25) is 0 Å². The van der Waals surface area contributed by atoms with Crippen LogP contribution in [0.4, 0.5) is 4.39 Å². The van der Waals surface area contributed by atoms with Crippen LogP contribution in [0.1, 0.15) is 12.0 Å². The molecule has 2 aliphatic rings. The van der Waals surface area contributed by atoms with Crippen molar-refractivity contribution in [1.82, 2.24) is 9.88 Å². The van der Waals surface area contributed by atoms with Gasteiger partial charge in [-0.2, -0.15) is 0 Å². The molecule has 2 aliphatic heterocycles. The smallest absolute Gasteiger partial charge is 0.414 e. The Hall–Kier alpha value is -3.06. The molecule has 6 nitrogen and oxygen atoms in total. The van der Waals surface area contributed by atoms with Crippen molar-refractivity contribution >= 4 is 11.9 Å². The van der Waals surface area contributed by atoms with Gasteiger partial charge >= 0.3 is 11.9 Å². The molecule has 27 heavy (non-hydrogen) atoms. The Morgan fingerprint density at radius 3 is 2.48 bits per heavy atom. The third-order valence-electron chi connectivity index (χ3n) is 4.85. The molecular weight excluding hydrogens is 351 g/mol. The number of nitrogens with zero attached hydrogens (tertiary/aromatic N) is 2. The van der Waals surface area contributed by atoms with Gasteiger partial charge in [0, 0.05) is 30.3 Å². The van der Waals surface area contributed by atoms with Gasteiger partial charge in [0.15, 0.2) is 0 Å². The lowest BCUT2D eigenvalue weighted by molar-refractivity contribution is -0.159. The number of carbonyl (C=O) groups is 2. The van der Waals surface area contributed by atoms with E-state index in [9.17, 15) is 4.39 Å². The molecule has 1 aromatic carbocycles. The van der Waals surface area contributed by atoms with Crippen molar-refractivity contribution in [2.45, 2.75) is 11.8 Å². The summed E-state index contributed by atoms with van der Waals surface area (Å²) in [6, 6.07) is 10.8. The van der Waals surface area contributed by atoms with Gasteiger partial charge in [-0.15, -0.1) is 0 Å². The topological polar surface area (TPSA) is 90.7 Å². The number of halogens is 1. The van der Waals surface area contributed by atoms with E-state index in [0.29, 0.717) is 11.3 Å². The van der Waals surface area contributed by atoms with Crippen LogP contribution >= 0.6 is 0 Å². The first-order chi connectivity index (χ1) is 12.9. The molecule has 2 bridgehead atoms. The van der Waals surface area contributed by atoms with E-state index < -0.39 is 11.9 Å². The van der Waals surface area contributed by atoms with Crippen molar-refractivity contribution in [3.63, 3.8) is 0 Å². The van der Waals surface area contributed by atoms with E-state index in [4.69, 9.17) is 19.8 Å². The third-order valence-corrected chi connectivity index (χ3v) is 4.85. The summed E-state index contributed by atoms with van der Waals surface area (Å²) in [5.41, 5.74) is 2.61. The van der Waals surface area contributed by atoms with Crippen LogP contribution in [-0.2, 0) is 15.0 Å². The number of benzene rings is 1. The maximum atomic E-state index is 13.8. The van der Waals surface area contributed by atoms with Gasteiger partial charge in [0.2, 0.25) is 0 Å². The van der Waals surface area contributed by atoms with Crippen molar-refractivity contribution < 1.29 is 24.2 Å². The third kappa shape index (κ3) is 4.03.